The van der Waals surface area contributed by atoms with E-state index in [9.17, 15) is 5.11 Å². The molecule has 2 N–H and O–H groups in total. The summed E-state index contributed by atoms with van der Waals surface area (Å²) in [5, 5.41) is 13.4. The first-order valence-corrected chi connectivity index (χ1v) is 6.23. The number of hydrogen-bond acceptors (Lipinski definition) is 2. The van der Waals surface area contributed by atoms with Crippen molar-refractivity contribution in [3.8, 4) is 0 Å². The molecular formula is C15H15NOS. The molecule has 0 saturated carbocycles. The Bertz CT molecular complexity index is 539. The molecule has 0 fully saturated rings. The van der Waals surface area contributed by atoms with Gasteiger partial charge in [0, 0.05) is 11.3 Å². The standard InChI is InChI=1S/C15H15NOS/c1-11-7-8-14(16-10-18)13(9-11)15(17)12-5-3-2-4-6-12/h2-10,15,17H,1H3,(H,16,18). The Morgan fingerprint density at radius 1 is 1.17 bits per heavy atom. The molecule has 0 aliphatic heterocycles. The minimum atomic E-state index is -0.649. The van der Waals surface area contributed by atoms with Crippen molar-refractivity contribution in [2.24, 2.45) is 0 Å². The molecule has 0 saturated heterocycles. The van der Waals surface area contributed by atoms with Crippen LogP contribution in [0.1, 0.15) is 22.8 Å². The predicted molar refractivity (Wildman–Crippen MR) is 79.0 cm³/mol. The smallest absolute Gasteiger partial charge is 0.106 e. The molecule has 1 atom stereocenters. The molecule has 0 aliphatic rings. The van der Waals surface area contributed by atoms with Crippen molar-refractivity contribution in [2.75, 3.05) is 5.32 Å². The van der Waals surface area contributed by atoms with Crippen LogP contribution in [0, 0.1) is 6.92 Å². The molecule has 0 aromatic heterocycles. The van der Waals surface area contributed by atoms with Crippen LogP contribution < -0.4 is 5.32 Å². The fourth-order valence-corrected chi connectivity index (χ4v) is 2.05. The van der Waals surface area contributed by atoms with E-state index in [1.165, 1.54) is 5.49 Å². The van der Waals surface area contributed by atoms with Gasteiger partial charge in [-0.05, 0) is 18.6 Å². The molecule has 0 aliphatic carbocycles. The van der Waals surface area contributed by atoms with Crippen LogP contribution in [0.4, 0.5) is 5.69 Å². The first kappa shape index (κ1) is 12.7. The predicted octanol–water partition coefficient (Wildman–Crippen LogP) is 3.45. The summed E-state index contributed by atoms with van der Waals surface area (Å²) in [6.45, 7) is 2.00. The maximum atomic E-state index is 10.4. The number of anilines is 1. The second-order valence-corrected chi connectivity index (χ2v) is 4.40. The van der Waals surface area contributed by atoms with E-state index in [0.29, 0.717) is 0 Å². The van der Waals surface area contributed by atoms with E-state index in [1.54, 1.807) is 0 Å². The van der Waals surface area contributed by atoms with Gasteiger partial charge in [-0.15, -0.1) is 0 Å². The van der Waals surface area contributed by atoms with Crippen LogP contribution in [-0.4, -0.2) is 10.6 Å². The fraction of sp³-hybridized carbons (Fsp3) is 0.133. The summed E-state index contributed by atoms with van der Waals surface area (Å²) in [7, 11) is 0. The molecule has 2 aromatic carbocycles. The molecule has 92 valence electrons. The van der Waals surface area contributed by atoms with Gasteiger partial charge in [0.15, 0.2) is 0 Å². The lowest BCUT2D eigenvalue weighted by Gasteiger charge is -2.16. The summed E-state index contributed by atoms with van der Waals surface area (Å²) in [6, 6.07) is 15.5. The highest BCUT2D eigenvalue weighted by Gasteiger charge is 2.14. The van der Waals surface area contributed by atoms with Gasteiger partial charge in [0.2, 0.25) is 0 Å². The summed E-state index contributed by atoms with van der Waals surface area (Å²) in [6.07, 6.45) is -0.649. The molecule has 18 heavy (non-hydrogen) atoms. The second kappa shape index (κ2) is 5.76. The number of aryl methyl sites for hydroxylation is 1. The Labute approximate surface area is 112 Å². The van der Waals surface area contributed by atoms with Gasteiger partial charge in [-0.25, -0.2) is 0 Å². The molecule has 2 rings (SSSR count). The maximum absolute atomic E-state index is 10.4. The summed E-state index contributed by atoms with van der Waals surface area (Å²) < 4.78 is 0. The zero-order valence-corrected chi connectivity index (χ0v) is 10.9. The highest BCUT2D eigenvalue weighted by atomic mass is 32.1. The Kier molecular flexibility index (Phi) is 4.07. The normalized spacial score (nSPS) is 11.9. The third-order valence-electron chi connectivity index (χ3n) is 2.83. The molecule has 0 radical (unpaired) electrons. The van der Waals surface area contributed by atoms with Gasteiger partial charge in [0.1, 0.15) is 6.10 Å². The summed E-state index contributed by atoms with van der Waals surface area (Å²) in [5.74, 6) is 0. The van der Waals surface area contributed by atoms with Crippen LogP contribution >= 0.6 is 12.2 Å². The van der Waals surface area contributed by atoms with Crippen LogP contribution in [0.3, 0.4) is 0 Å². The Morgan fingerprint density at radius 3 is 2.56 bits per heavy atom. The third-order valence-corrected chi connectivity index (χ3v) is 2.95. The number of thiocarbonyl (C=S) groups is 1. The SMILES string of the molecule is Cc1ccc(NC=S)c(C(O)c2ccccc2)c1. The zero-order chi connectivity index (χ0) is 13.0. The summed E-state index contributed by atoms with van der Waals surface area (Å²) in [4.78, 5) is 0. The average Bonchev–Trinajstić information content (AvgIpc) is 2.41. The molecule has 1 unspecified atom stereocenters. The Hall–Kier alpha value is -1.71. The van der Waals surface area contributed by atoms with Crippen LogP contribution in [0.25, 0.3) is 0 Å². The zero-order valence-electron chi connectivity index (χ0n) is 10.1. The number of aliphatic hydroxyl groups excluding tert-OH is 1. The molecule has 2 nitrogen and oxygen atoms in total. The lowest BCUT2D eigenvalue weighted by molar-refractivity contribution is 0.221. The number of rotatable bonds is 4. The Morgan fingerprint density at radius 2 is 1.89 bits per heavy atom. The van der Waals surface area contributed by atoms with Crippen molar-refractivity contribution in [3.05, 3.63) is 65.2 Å². The van der Waals surface area contributed by atoms with Crippen molar-refractivity contribution >= 4 is 23.4 Å². The number of aliphatic hydroxyl groups is 1. The molecule has 0 bridgehead atoms. The van der Waals surface area contributed by atoms with E-state index in [1.807, 2.05) is 55.5 Å². The third kappa shape index (κ3) is 2.75. The molecule has 3 heteroatoms. The number of benzene rings is 2. The van der Waals surface area contributed by atoms with E-state index in [2.05, 4.69) is 5.32 Å². The number of nitrogens with one attached hydrogen (secondary N) is 1. The second-order valence-electron chi connectivity index (χ2n) is 4.17. The fourth-order valence-electron chi connectivity index (χ4n) is 1.92. The largest absolute Gasteiger partial charge is 0.384 e. The van der Waals surface area contributed by atoms with Crippen molar-refractivity contribution in [3.63, 3.8) is 0 Å². The monoisotopic (exact) mass is 257 g/mol. The number of hydrogen-bond donors (Lipinski definition) is 2. The van der Waals surface area contributed by atoms with E-state index < -0.39 is 6.10 Å². The minimum Gasteiger partial charge on any atom is -0.384 e. The molecule has 0 amide bonds. The first-order chi connectivity index (χ1) is 8.72. The van der Waals surface area contributed by atoms with E-state index >= 15 is 0 Å². The van der Waals surface area contributed by atoms with Gasteiger partial charge in [-0.1, -0.05) is 60.2 Å². The van der Waals surface area contributed by atoms with E-state index in [0.717, 1.165) is 22.4 Å². The average molecular weight is 257 g/mol. The van der Waals surface area contributed by atoms with Crippen molar-refractivity contribution in [1.82, 2.24) is 0 Å². The quantitative estimate of drug-likeness (QED) is 0.823. The van der Waals surface area contributed by atoms with Crippen molar-refractivity contribution in [1.29, 1.82) is 0 Å². The molecule has 0 heterocycles. The van der Waals surface area contributed by atoms with Gasteiger partial charge in [0.25, 0.3) is 0 Å². The van der Waals surface area contributed by atoms with Gasteiger partial charge in [0.05, 0.1) is 5.49 Å². The highest BCUT2D eigenvalue weighted by molar-refractivity contribution is 7.79. The Balaban J connectivity index is 2.43. The summed E-state index contributed by atoms with van der Waals surface area (Å²) in [5.41, 5.74) is 5.10. The lowest BCUT2D eigenvalue weighted by Crippen LogP contribution is -2.05. The van der Waals surface area contributed by atoms with Gasteiger partial charge >= 0.3 is 0 Å². The van der Waals surface area contributed by atoms with Crippen LogP contribution in [0.15, 0.2) is 48.5 Å². The highest BCUT2D eigenvalue weighted by Crippen LogP contribution is 2.28. The van der Waals surface area contributed by atoms with Crippen molar-refractivity contribution in [2.45, 2.75) is 13.0 Å². The lowest BCUT2D eigenvalue weighted by atomic mass is 9.98. The topological polar surface area (TPSA) is 32.3 Å². The van der Waals surface area contributed by atoms with Crippen LogP contribution in [0.2, 0.25) is 0 Å². The van der Waals surface area contributed by atoms with Crippen LogP contribution in [0.5, 0.6) is 0 Å². The minimum absolute atomic E-state index is 0.649. The van der Waals surface area contributed by atoms with Gasteiger partial charge < -0.3 is 10.4 Å². The summed E-state index contributed by atoms with van der Waals surface area (Å²) >= 11 is 4.81. The van der Waals surface area contributed by atoms with E-state index in [-0.39, 0.29) is 0 Å². The van der Waals surface area contributed by atoms with Crippen LogP contribution in [-0.2, 0) is 0 Å². The first-order valence-electron chi connectivity index (χ1n) is 5.76. The van der Waals surface area contributed by atoms with Crippen molar-refractivity contribution < 1.29 is 5.11 Å². The molecule has 2 aromatic rings. The van der Waals surface area contributed by atoms with Gasteiger partial charge in [-0.2, -0.15) is 0 Å². The van der Waals surface area contributed by atoms with Gasteiger partial charge in [-0.3, -0.25) is 0 Å². The maximum Gasteiger partial charge on any atom is 0.106 e. The van der Waals surface area contributed by atoms with E-state index in [4.69, 9.17) is 12.2 Å². The molecule has 0 spiro atoms. The molecular weight excluding hydrogens is 242 g/mol.